The van der Waals surface area contributed by atoms with Gasteiger partial charge in [0.2, 0.25) is 5.91 Å². The summed E-state index contributed by atoms with van der Waals surface area (Å²) in [6.07, 6.45) is 3.70. The summed E-state index contributed by atoms with van der Waals surface area (Å²) in [5, 5.41) is 0.742. The number of aryl methyl sites for hydroxylation is 1. The van der Waals surface area contributed by atoms with E-state index in [4.69, 9.17) is 11.6 Å². The zero-order chi connectivity index (χ0) is 11.4. The second-order valence-electron chi connectivity index (χ2n) is 4.22. The largest absolute Gasteiger partial charge is 0.343 e. The van der Waals surface area contributed by atoms with Gasteiger partial charge in [0, 0.05) is 24.5 Å². The third-order valence-electron chi connectivity index (χ3n) is 2.98. The molecule has 1 aromatic carbocycles. The summed E-state index contributed by atoms with van der Waals surface area (Å²) in [6.45, 7) is 1.88. The molecule has 1 saturated heterocycles. The molecule has 1 amide bonds. The Labute approximate surface area is 101 Å². The van der Waals surface area contributed by atoms with Crippen LogP contribution in [0.2, 0.25) is 5.02 Å². The molecule has 16 heavy (non-hydrogen) atoms. The molecule has 1 aliphatic rings. The topological polar surface area (TPSA) is 20.3 Å². The Hall–Kier alpha value is -1.02. The highest BCUT2D eigenvalue weighted by molar-refractivity contribution is 6.30. The van der Waals surface area contributed by atoms with Crippen LogP contribution >= 0.6 is 11.6 Å². The van der Waals surface area contributed by atoms with Crippen molar-refractivity contribution in [1.82, 2.24) is 4.90 Å². The van der Waals surface area contributed by atoms with Crippen molar-refractivity contribution in [3.63, 3.8) is 0 Å². The summed E-state index contributed by atoms with van der Waals surface area (Å²) in [4.78, 5) is 13.8. The van der Waals surface area contributed by atoms with Gasteiger partial charge in [0.05, 0.1) is 0 Å². The van der Waals surface area contributed by atoms with Gasteiger partial charge in [-0.3, -0.25) is 4.79 Å². The van der Waals surface area contributed by atoms with E-state index in [0.29, 0.717) is 6.42 Å². The van der Waals surface area contributed by atoms with Crippen LogP contribution in [-0.4, -0.2) is 23.9 Å². The number of hydrogen-bond donors (Lipinski definition) is 0. The van der Waals surface area contributed by atoms with E-state index in [1.807, 2.05) is 29.2 Å². The van der Waals surface area contributed by atoms with Gasteiger partial charge >= 0.3 is 0 Å². The fourth-order valence-electron chi connectivity index (χ4n) is 2.07. The van der Waals surface area contributed by atoms with Gasteiger partial charge in [-0.25, -0.2) is 0 Å². The molecule has 2 nitrogen and oxygen atoms in total. The van der Waals surface area contributed by atoms with Crippen LogP contribution in [0, 0.1) is 0 Å². The lowest BCUT2D eigenvalue weighted by Gasteiger charge is -2.14. The van der Waals surface area contributed by atoms with Crippen LogP contribution in [0.4, 0.5) is 0 Å². The third-order valence-corrected chi connectivity index (χ3v) is 3.21. The Morgan fingerprint density at radius 2 is 2.06 bits per heavy atom. The predicted octanol–water partition coefficient (Wildman–Crippen LogP) is 2.90. The van der Waals surface area contributed by atoms with Crippen molar-refractivity contribution < 1.29 is 4.79 Å². The second-order valence-corrected chi connectivity index (χ2v) is 4.65. The minimum atomic E-state index is 0.275. The summed E-state index contributed by atoms with van der Waals surface area (Å²) in [7, 11) is 0. The zero-order valence-electron chi connectivity index (χ0n) is 9.29. The smallest absolute Gasteiger partial charge is 0.222 e. The average molecular weight is 238 g/mol. The molecular weight excluding hydrogens is 222 g/mol. The Bertz CT molecular complexity index is 372. The fraction of sp³-hybridized carbons (Fsp3) is 0.462. The van der Waals surface area contributed by atoms with Crippen molar-refractivity contribution in [2.75, 3.05) is 13.1 Å². The van der Waals surface area contributed by atoms with Crippen molar-refractivity contribution in [2.45, 2.75) is 25.7 Å². The predicted molar refractivity (Wildman–Crippen MR) is 65.6 cm³/mol. The van der Waals surface area contributed by atoms with Gasteiger partial charge in [-0.05, 0) is 37.0 Å². The highest BCUT2D eigenvalue weighted by Gasteiger charge is 2.17. The van der Waals surface area contributed by atoms with E-state index in [1.54, 1.807) is 0 Å². The van der Waals surface area contributed by atoms with Crippen LogP contribution in [-0.2, 0) is 11.2 Å². The highest BCUT2D eigenvalue weighted by Crippen LogP contribution is 2.14. The van der Waals surface area contributed by atoms with Gasteiger partial charge < -0.3 is 4.90 Å². The Morgan fingerprint density at radius 1 is 1.31 bits per heavy atom. The molecular formula is C13H16ClNO. The van der Waals surface area contributed by atoms with Crippen LogP contribution in [0.15, 0.2) is 24.3 Å². The number of carbonyl (C=O) groups is 1. The number of rotatable bonds is 3. The van der Waals surface area contributed by atoms with Crippen molar-refractivity contribution in [2.24, 2.45) is 0 Å². The van der Waals surface area contributed by atoms with Gasteiger partial charge in [0.25, 0.3) is 0 Å². The monoisotopic (exact) mass is 237 g/mol. The molecule has 0 bridgehead atoms. The lowest BCUT2D eigenvalue weighted by atomic mass is 10.1. The lowest BCUT2D eigenvalue weighted by Crippen LogP contribution is -2.27. The van der Waals surface area contributed by atoms with E-state index in [2.05, 4.69) is 0 Å². The number of nitrogens with zero attached hydrogens (tertiary/aromatic N) is 1. The highest BCUT2D eigenvalue weighted by atomic mass is 35.5. The maximum Gasteiger partial charge on any atom is 0.222 e. The number of carbonyl (C=O) groups excluding carboxylic acids is 1. The number of amides is 1. The molecule has 0 N–H and O–H groups in total. The molecule has 0 saturated carbocycles. The molecule has 1 heterocycles. The maximum absolute atomic E-state index is 11.8. The molecule has 1 aliphatic heterocycles. The van der Waals surface area contributed by atoms with E-state index in [-0.39, 0.29) is 5.91 Å². The first-order valence-electron chi connectivity index (χ1n) is 5.78. The van der Waals surface area contributed by atoms with Gasteiger partial charge in [0.15, 0.2) is 0 Å². The van der Waals surface area contributed by atoms with Crippen LogP contribution in [0.5, 0.6) is 0 Å². The van der Waals surface area contributed by atoms with Gasteiger partial charge in [-0.1, -0.05) is 23.7 Å². The average Bonchev–Trinajstić information content (AvgIpc) is 2.79. The number of benzene rings is 1. The van der Waals surface area contributed by atoms with Crippen molar-refractivity contribution in [1.29, 1.82) is 0 Å². The standard InChI is InChI=1S/C13H16ClNO/c14-12-5-3-4-11(10-12)6-7-13(16)15-8-1-2-9-15/h3-5,10H,1-2,6-9H2. The van der Waals surface area contributed by atoms with Crippen molar-refractivity contribution in [3.8, 4) is 0 Å². The number of likely N-dealkylation sites (tertiary alicyclic amines) is 1. The van der Waals surface area contributed by atoms with E-state index < -0.39 is 0 Å². The molecule has 1 aromatic rings. The molecule has 2 rings (SSSR count). The first-order chi connectivity index (χ1) is 7.75. The Morgan fingerprint density at radius 3 is 2.75 bits per heavy atom. The molecule has 0 unspecified atom stereocenters. The number of halogens is 1. The summed E-state index contributed by atoms with van der Waals surface area (Å²) in [6, 6.07) is 7.73. The second kappa shape index (κ2) is 5.35. The molecule has 3 heteroatoms. The Balaban J connectivity index is 1.84. The summed E-state index contributed by atoms with van der Waals surface area (Å²) < 4.78 is 0. The van der Waals surface area contributed by atoms with Crippen molar-refractivity contribution in [3.05, 3.63) is 34.9 Å². The summed E-state index contributed by atoms with van der Waals surface area (Å²) in [5.41, 5.74) is 1.14. The van der Waals surface area contributed by atoms with E-state index >= 15 is 0 Å². The molecule has 1 fully saturated rings. The molecule has 0 spiro atoms. The molecule has 0 radical (unpaired) electrons. The first-order valence-corrected chi connectivity index (χ1v) is 6.16. The fourth-order valence-corrected chi connectivity index (χ4v) is 2.28. The summed E-state index contributed by atoms with van der Waals surface area (Å²) in [5.74, 6) is 0.275. The zero-order valence-corrected chi connectivity index (χ0v) is 10.0. The van der Waals surface area contributed by atoms with Gasteiger partial charge in [0.1, 0.15) is 0 Å². The Kier molecular flexibility index (Phi) is 3.83. The van der Waals surface area contributed by atoms with Gasteiger partial charge in [-0.2, -0.15) is 0 Å². The summed E-state index contributed by atoms with van der Waals surface area (Å²) >= 11 is 5.89. The molecule has 86 valence electrons. The minimum absolute atomic E-state index is 0.275. The molecule has 0 atom stereocenters. The minimum Gasteiger partial charge on any atom is -0.343 e. The van der Waals surface area contributed by atoms with E-state index in [0.717, 1.165) is 42.9 Å². The SMILES string of the molecule is O=C(CCc1cccc(Cl)c1)N1CCCC1. The molecule has 0 aliphatic carbocycles. The third kappa shape index (κ3) is 2.99. The number of hydrogen-bond acceptors (Lipinski definition) is 1. The maximum atomic E-state index is 11.8. The van der Waals surface area contributed by atoms with Gasteiger partial charge in [-0.15, -0.1) is 0 Å². The molecule has 0 aromatic heterocycles. The van der Waals surface area contributed by atoms with Crippen LogP contribution in [0.25, 0.3) is 0 Å². The van der Waals surface area contributed by atoms with Crippen molar-refractivity contribution >= 4 is 17.5 Å². The van der Waals surface area contributed by atoms with Crippen LogP contribution in [0.3, 0.4) is 0 Å². The van der Waals surface area contributed by atoms with E-state index in [1.165, 1.54) is 0 Å². The first kappa shape index (κ1) is 11.5. The quantitative estimate of drug-likeness (QED) is 0.792. The normalized spacial score (nSPS) is 15.4. The lowest BCUT2D eigenvalue weighted by molar-refractivity contribution is -0.130. The van der Waals surface area contributed by atoms with E-state index in [9.17, 15) is 4.79 Å². The van der Waals surface area contributed by atoms with Crippen LogP contribution in [0.1, 0.15) is 24.8 Å². The van der Waals surface area contributed by atoms with Crippen LogP contribution < -0.4 is 0 Å².